The van der Waals surface area contributed by atoms with Crippen molar-refractivity contribution in [3.05, 3.63) is 46.7 Å². The van der Waals surface area contributed by atoms with Gasteiger partial charge in [0.25, 0.3) is 0 Å². The number of carbonyl (C=O) groups is 2. The van der Waals surface area contributed by atoms with E-state index in [4.69, 9.17) is 4.74 Å². The highest BCUT2D eigenvalue weighted by molar-refractivity contribution is 6.04. The van der Waals surface area contributed by atoms with Gasteiger partial charge in [0.05, 0.1) is 25.4 Å². The summed E-state index contributed by atoms with van der Waals surface area (Å²) in [5, 5.41) is 29.4. The van der Waals surface area contributed by atoms with Crippen LogP contribution in [-0.2, 0) is 27.4 Å². The van der Waals surface area contributed by atoms with Crippen molar-refractivity contribution in [1.82, 2.24) is 0 Å². The average molecular weight is 332 g/mol. The van der Waals surface area contributed by atoms with Gasteiger partial charge in [-0.3, -0.25) is 9.59 Å². The molecule has 1 aliphatic carbocycles. The molecule has 0 fully saturated rings. The molecule has 0 unspecified atom stereocenters. The van der Waals surface area contributed by atoms with Crippen LogP contribution in [0.4, 0.5) is 0 Å². The summed E-state index contributed by atoms with van der Waals surface area (Å²) in [6, 6.07) is 2.87. The number of aliphatic hydroxyl groups excluding tert-OH is 2. The lowest BCUT2D eigenvalue weighted by atomic mass is 9.84. The molecule has 0 aromatic heterocycles. The summed E-state index contributed by atoms with van der Waals surface area (Å²) < 4.78 is 10.4. The van der Waals surface area contributed by atoms with E-state index in [1.807, 2.05) is 0 Å². The highest BCUT2D eigenvalue weighted by Crippen LogP contribution is 2.39. The van der Waals surface area contributed by atoms with E-state index in [0.717, 1.165) is 0 Å². The lowest BCUT2D eigenvalue weighted by Gasteiger charge is -2.24. The molecular weight excluding hydrogens is 316 g/mol. The summed E-state index contributed by atoms with van der Waals surface area (Å²) in [4.78, 5) is 24.6. The van der Waals surface area contributed by atoms with Crippen LogP contribution in [0.2, 0.25) is 0 Å². The van der Waals surface area contributed by atoms with Gasteiger partial charge in [-0.15, -0.1) is 0 Å². The number of hydrogen-bond acceptors (Lipinski definition) is 7. The fourth-order valence-electron chi connectivity index (χ4n) is 2.92. The summed E-state index contributed by atoms with van der Waals surface area (Å²) in [5.74, 6) is -2.21. The molecule has 1 aliphatic heterocycles. The quantitative estimate of drug-likeness (QED) is 0.670. The second-order valence-corrected chi connectivity index (χ2v) is 5.58. The van der Waals surface area contributed by atoms with Crippen LogP contribution in [0.1, 0.15) is 11.1 Å². The van der Waals surface area contributed by atoms with Crippen LogP contribution in [0.5, 0.6) is 11.5 Å². The van der Waals surface area contributed by atoms with E-state index in [0.29, 0.717) is 5.56 Å². The molecule has 1 aromatic carbocycles. The molecule has 0 saturated heterocycles. The zero-order valence-electron chi connectivity index (χ0n) is 12.9. The molecule has 0 amide bonds. The van der Waals surface area contributed by atoms with Crippen LogP contribution in [0.15, 0.2) is 35.6 Å². The standard InChI is InChI=1S/C17H16O7/c1-23-17(22)16-10(19)2-3-13-15(16)12(21)6-9-11(20)4-8(7-18)5-14(9)24-13/h2-5,10,16,18-20H,6-7H2,1H3/t10-,16+/m1/s1. The molecule has 7 heteroatoms. The van der Waals surface area contributed by atoms with E-state index in [-0.39, 0.29) is 41.4 Å². The maximum atomic E-state index is 12.6. The van der Waals surface area contributed by atoms with E-state index in [9.17, 15) is 24.9 Å². The molecule has 24 heavy (non-hydrogen) atoms. The molecule has 0 spiro atoms. The highest BCUT2D eigenvalue weighted by Gasteiger charge is 2.40. The Labute approximate surface area is 137 Å². The van der Waals surface area contributed by atoms with Crippen molar-refractivity contribution in [3.8, 4) is 11.5 Å². The number of methoxy groups -OCH3 is 1. The Balaban J connectivity index is 2.12. The first kappa shape index (κ1) is 16.2. The number of aliphatic hydroxyl groups is 2. The van der Waals surface area contributed by atoms with Gasteiger partial charge in [0.1, 0.15) is 23.2 Å². The van der Waals surface area contributed by atoms with Crippen molar-refractivity contribution in [1.29, 1.82) is 0 Å². The number of hydrogen-bond donors (Lipinski definition) is 3. The number of aromatic hydroxyl groups is 1. The van der Waals surface area contributed by atoms with E-state index < -0.39 is 23.8 Å². The number of allylic oxidation sites excluding steroid dienone is 1. The second-order valence-electron chi connectivity index (χ2n) is 5.58. The molecule has 3 N–H and O–H groups in total. The molecule has 0 bridgehead atoms. The zero-order chi connectivity index (χ0) is 17.4. The average Bonchev–Trinajstić information content (AvgIpc) is 2.71. The topological polar surface area (TPSA) is 113 Å². The normalized spacial score (nSPS) is 22.4. The third kappa shape index (κ3) is 2.57. The van der Waals surface area contributed by atoms with Crippen LogP contribution in [0.3, 0.4) is 0 Å². The van der Waals surface area contributed by atoms with Gasteiger partial charge >= 0.3 is 5.97 Å². The lowest BCUT2D eigenvalue weighted by molar-refractivity contribution is -0.147. The summed E-state index contributed by atoms with van der Waals surface area (Å²) in [6.07, 6.45) is 1.36. The Bertz CT molecular complexity index is 775. The molecule has 7 nitrogen and oxygen atoms in total. The molecule has 1 heterocycles. The Morgan fingerprint density at radius 2 is 2.17 bits per heavy atom. The number of ketones is 1. The Kier molecular flexibility index (Phi) is 4.13. The third-order valence-corrected chi connectivity index (χ3v) is 4.10. The minimum absolute atomic E-state index is 0.0120. The Hall–Kier alpha value is -2.64. The lowest BCUT2D eigenvalue weighted by Crippen LogP contribution is -2.35. The van der Waals surface area contributed by atoms with Gasteiger partial charge in [0.15, 0.2) is 5.78 Å². The third-order valence-electron chi connectivity index (χ3n) is 4.10. The van der Waals surface area contributed by atoms with E-state index in [1.165, 1.54) is 31.4 Å². The molecule has 3 rings (SSSR count). The predicted molar refractivity (Wildman–Crippen MR) is 81.0 cm³/mol. The molecule has 2 aliphatic rings. The van der Waals surface area contributed by atoms with E-state index >= 15 is 0 Å². The number of benzene rings is 1. The van der Waals surface area contributed by atoms with E-state index in [1.54, 1.807) is 0 Å². The van der Waals surface area contributed by atoms with Crippen LogP contribution >= 0.6 is 0 Å². The number of phenolic OH excluding ortho intramolecular Hbond substituents is 1. The summed E-state index contributed by atoms with van der Waals surface area (Å²) in [5.41, 5.74) is 0.697. The Morgan fingerprint density at radius 3 is 2.83 bits per heavy atom. The summed E-state index contributed by atoms with van der Waals surface area (Å²) >= 11 is 0. The largest absolute Gasteiger partial charge is 0.508 e. The summed E-state index contributed by atoms with van der Waals surface area (Å²) in [6.45, 7) is -0.302. The van der Waals surface area contributed by atoms with Crippen LogP contribution in [-0.4, -0.2) is 40.3 Å². The number of Topliss-reactive ketones (excluding diaryl/α,β-unsaturated/α-hetero) is 1. The molecule has 0 radical (unpaired) electrons. The number of ether oxygens (including phenoxy) is 2. The van der Waals surface area contributed by atoms with Gasteiger partial charge in [-0.2, -0.15) is 0 Å². The van der Waals surface area contributed by atoms with Crippen molar-refractivity contribution in [2.75, 3.05) is 7.11 Å². The van der Waals surface area contributed by atoms with Crippen LogP contribution in [0.25, 0.3) is 0 Å². The van der Waals surface area contributed by atoms with Crippen molar-refractivity contribution >= 4 is 11.8 Å². The van der Waals surface area contributed by atoms with Crippen molar-refractivity contribution in [3.63, 3.8) is 0 Å². The number of fused-ring (bicyclic) bond motifs is 1. The fourth-order valence-corrected chi connectivity index (χ4v) is 2.92. The number of phenols is 1. The maximum Gasteiger partial charge on any atom is 0.316 e. The fraction of sp³-hybridized carbons (Fsp3) is 0.294. The van der Waals surface area contributed by atoms with Gasteiger partial charge in [0, 0.05) is 12.0 Å². The first-order valence-electron chi connectivity index (χ1n) is 7.31. The van der Waals surface area contributed by atoms with Gasteiger partial charge in [-0.05, 0) is 23.8 Å². The van der Waals surface area contributed by atoms with Crippen molar-refractivity contribution in [2.45, 2.75) is 19.1 Å². The molecule has 0 saturated carbocycles. The van der Waals surface area contributed by atoms with Gasteiger partial charge in [-0.1, -0.05) is 6.08 Å². The van der Waals surface area contributed by atoms with Gasteiger partial charge in [0.2, 0.25) is 0 Å². The smallest absolute Gasteiger partial charge is 0.316 e. The zero-order valence-corrected chi connectivity index (χ0v) is 12.9. The first-order valence-corrected chi connectivity index (χ1v) is 7.31. The van der Waals surface area contributed by atoms with Crippen molar-refractivity contribution < 1.29 is 34.4 Å². The summed E-state index contributed by atoms with van der Waals surface area (Å²) in [7, 11) is 1.17. The molecular formula is C17H16O7. The minimum atomic E-state index is -1.20. The molecule has 1 aromatic rings. The SMILES string of the molecule is COC(=O)[C@@H]1C2=C(C=C[C@H]1O)Oc1cc(CO)cc(O)c1CC2=O. The minimum Gasteiger partial charge on any atom is -0.508 e. The molecule has 2 atom stereocenters. The number of carbonyl (C=O) groups excluding carboxylic acids is 2. The monoisotopic (exact) mass is 332 g/mol. The number of rotatable bonds is 2. The van der Waals surface area contributed by atoms with E-state index in [2.05, 4.69) is 4.74 Å². The maximum absolute atomic E-state index is 12.6. The van der Waals surface area contributed by atoms with Gasteiger partial charge < -0.3 is 24.8 Å². The van der Waals surface area contributed by atoms with Crippen molar-refractivity contribution in [2.24, 2.45) is 5.92 Å². The predicted octanol–water partition coefficient (Wildman–Crippen LogP) is 0.362. The first-order chi connectivity index (χ1) is 11.5. The highest BCUT2D eigenvalue weighted by atomic mass is 16.5. The molecule has 126 valence electrons. The van der Waals surface area contributed by atoms with Gasteiger partial charge in [-0.25, -0.2) is 0 Å². The van der Waals surface area contributed by atoms with Crippen LogP contribution in [0, 0.1) is 5.92 Å². The number of esters is 1. The Morgan fingerprint density at radius 1 is 1.42 bits per heavy atom. The second kappa shape index (κ2) is 6.10. The van der Waals surface area contributed by atoms with Crippen LogP contribution < -0.4 is 4.74 Å².